The average Bonchev–Trinajstić information content (AvgIpc) is 3.40. The summed E-state index contributed by atoms with van der Waals surface area (Å²) < 4.78 is 3.52. The van der Waals surface area contributed by atoms with Crippen LogP contribution in [0.3, 0.4) is 0 Å². The van der Waals surface area contributed by atoms with Crippen LogP contribution in [-0.2, 0) is 17.9 Å². The first kappa shape index (κ1) is 20.0. The molecule has 28 heavy (non-hydrogen) atoms. The molecule has 2 aromatic heterocycles. The quantitative estimate of drug-likeness (QED) is 0.655. The van der Waals surface area contributed by atoms with Crippen LogP contribution in [0.2, 0.25) is 0 Å². The lowest BCUT2D eigenvalue weighted by Crippen LogP contribution is -2.32. The van der Waals surface area contributed by atoms with E-state index in [4.69, 9.17) is 0 Å². The molecule has 1 fully saturated rings. The molecule has 0 aliphatic carbocycles. The SMILES string of the molecule is Cl.O=C(Cn1nccc1C1CCCNC1)NCc1ccc(-n2cncn2)cc1. The van der Waals surface area contributed by atoms with E-state index in [2.05, 4.69) is 25.8 Å². The topological polar surface area (TPSA) is 89.7 Å². The third-order valence-corrected chi connectivity index (χ3v) is 4.87. The summed E-state index contributed by atoms with van der Waals surface area (Å²) in [5.74, 6) is 0.391. The van der Waals surface area contributed by atoms with Crippen LogP contribution >= 0.6 is 12.4 Å². The van der Waals surface area contributed by atoms with Gasteiger partial charge in [0.05, 0.1) is 5.69 Å². The van der Waals surface area contributed by atoms with E-state index < -0.39 is 0 Å². The van der Waals surface area contributed by atoms with Gasteiger partial charge < -0.3 is 10.6 Å². The summed E-state index contributed by atoms with van der Waals surface area (Å²) in [4.78, 5) is 16.3. The maximum Gasteiger partial charge on any atom is 0.242 e. The van der Waals surface area contributed by atoms with Crippen molar-refractivity contribution in [2.75, 3.05) is 13.1 Å². The van der Waals surface area contributed by atoms with Crippen LogP contribution in [0.25, 0.3) is 5.69 Å². The van der Waals surface area contributed by atoms with E-state index in [0.29, 0.717) is 12.5 Å². The van der Waals surface area contributed by atoms with Crippen LogP contribution in [0.15, 0.2) is 49.2 Å². The second kappa shape index (κ2) is 9.48. The zero-order valence-corrected chi connectivity index (χ0v) is 16.3. The maximum absolute atomic E-state index is 12.4. The average molecular weight is 402 g/mol. The number of amides is 1. The zero-order chi connectivity index (χ0) is 18.5. The van der Waals surface area contributed by atoms with Crippen LogP contribution in [-0.4, -0.2) is 43.5 Å². The molecule has 1 aromatic carbocycles. The zero-order valence-electron chi connectivity index (χ0n) is 15.5. The fourth-order valence-electron chi connectivity index (χ4n) is 3.43. The summed E-state index contributed by atoms with van der Waals surface area (Å²) in [6, 6.07) is 9.89. The smallest absolute Gasteiger partial charge is 0.242 e. The Kier molecular flexibility index (Phi) is 6.78. The Morgan fingerprint density at radius 3 is 2.79 bits per heavy atom. The Labute approximate surface area is 169 Å². The van der Waals surface area contributed by atoms with Gasteiger partial charge in [0.25, 0.3) is 0 Å². The third-order valence-electron chi connectivity index (χ3n) is 4.87. The second-order valence-corrected chi connectivity index (χ2v) is 6.74. The van der Waals surface area contributed by atoms with E-state index in [9.17, 15) is 4.79 Å². The number of carbonyl (C=O) groups is 1. The first-order valence-corrected chi connectivity index (χ1v) is 9.22. The number of piperidine rings is 1. The molecule has 0 bridgehead atoms. The molecule has 2 N–H and O–H groups in total. The van der Waals surface area contributed by atoms with Gasteiger partial charge in [-0.3, -0.25) is 9.48 Å². The molecule has 3 heterocycles. The number of benzene rings is 1. The van der Waals surface area contributed by atoms with Crippen molar-refractivity contribution < 1.29 is 4.79 Å². The highest BCUT2D eigenvalue weighted by Gasteiger charge is 2.19. The highest BCUT2D eigenvalue weighted by molar-refractivity contribution is 5.85. The summed E-state index contributed by atoms with van der Waals surface area (Å²) >= 11 is 0. The van der Waals surface area contributed by atoms with Crippen molar-refractivity contribution in [1.82, 2.24) is 35.2 Å². The summed E-state index contributed by atoms with van der Waals surface area (Å²) in [5, 5.41) is 14.8. The Hall–Kier alpha value is -2.71. The Balaban J connectivity index is 0.00000225. The molecule has 4 rings (SSSR count). The fourth-order valence-corrected chi connectivity index (χ4v) is 3.43. The van der Waals surface area contributed by atoms with E-state index in [-0.39, 0.29) is 24.9 Å². The first-order chi connectivity index (χ1) is 13.3. The van der Waals surface area contributed by atoms with Gasteiger partial charge in [-0.2, -0.15) is 10.2 Å². The molecule has 3 aromatic rings. The summed E-state index contributed by atoms with van der Waals surface area (Å²) in [5.41, 5.74) is 3.10. The monoisotopic (exact) mass is 401 g/mol. The molecule has 0 saturated carbocycles. The molecule has 148 valence electrons. The number of nitrogens with one attached hydrogen (secondary N) is 2. The van der Waals surface area contributed by atoms with Crippen molar-refractivity contribution >= 4 is 18.3 Å². The first-order valence-electron chi connectivity index (χ1n) is 9.22. The van der Waals surface area contributed by atoms with Gasteiger partial charge in [0.2, 0.25) is 5.91 Å². The number of aromatic nitrogens is 5. The van der Waals surface area contributed by atoms with Crippen LogP contribution in [0, 0.1) is 0 Å². The molecule has 1 saturated heterocycles. The summed E-state index contributed by atoms with van der Waals surface area (Å²) in [6.07, 6.45) is 7.23. The lowest BCUT2D eigenvalue weighted by atomic mass is 9.96. The van der Waals surface area contributed by atoms with E-state index in [1.165, 1.54) is 6.33 Å². The van der Waals surface area contributed by atoms with Crippen molar-refractivity contribution in [3.63, 3.8) is 0 Å². The van der Waals surface area contributed by atoms with Gasteiger partial charge in [-0.25, -0.2) is 9.67 Å². The highest BCUT2D eigenvalue weighted by Crippen LogP contribution is 2.22. The fraction of sp³-hybridized carbons (Fsp3) is 0.368. The molecule has 1 amide bonds. The number of hydrogen-bond donors (Lipinski definition) is 2. The number of carbonyl (C=O) groups excluding carboxylic acids is 1. The van der Waals surface area contributed by atoms with Crippen molar-refractivity contribution in [1.29, 1.82) is 0 Å². The number of hydrogen-bond acceptors (Lipinski definition) is 5. The summed E-state index contributed by atoms with van der Waals surface area (Å²) in [6.45, 7) is 2.75. The standard InChI is InChI=1S/C19H23N7O.ClH/c27-19(12-25-18(7-9-23-25)16-2-1-8-20-11-16)22-10-15-3-5-17(6-4-15)26-14-21-13-24-26;/h3-7,9,13-14,16,20H,1-2,8,10-12H2,(H,22,27);1H. The number of nitrogens with zero attached hydrogens (tertiary/aromatic N) is 5. The lowest BCUT2D eigenvalue weighted by Gasteiger charge is -2.23. The van der Waals surface area contributed by atoms with Gasteiger partial charge >= 0.3 is 0 Å². The van der Waals surface area contributed by atoms with Crippen molar-refractivity contribution in [3.05, 3.63) is 60.4 Å². The van der Waals surface area contributed by atoms with Crippen molar-refractivity contribution in [2.24, 2.45) is 0 Å². The molecule has 1 aliphatic heterocycles. The second-order valence-electron chi connectivity index (χ2n) is 6.74. The van der Waals surface area contributed by atoms with Crippen molar-refractivity contribution in [3.8, 4) is 5.69 Å². The van der Waals surface area contributed by atoms with Gasteiger partial charge in [0, 0.05) is 30.9 Å². The predicted octanol–water partition coefficient (Wildman–Crippen LogP) is 1.67. The minimum absolute atomic E-state index is 0. The molecule has 1 atom stereocenters. The Morgan fingerprint density at radius 2 is 2.07 bits per heavy atom. The normalized spacial score (nSPS) is 16.4. The highest BCUT2D eigenvalue weighted by atomic mass is 35.5. The van der Waals surface area contributed by atoms with Gasteiger partial charge in [-0.05, 0) is 43.1 Å². The lowest BCUT2D eigenvalue weighted by molar-refractivity contribution is -0.122. The Bertz CT molecular complexity index is 870. The van der Waals surface area contributed by atoms with Crippen LogP contribution < -0.4 is 10.6 Å². The van der Waals surface area contributed by atoms with Crippen molar-refractivity contribution in [2.45, 2.75) is 31.8 Å². The minimum atomic E-state index is -0.0379. The largest absolute Gasteiger partial charge is 0.350 e. The molecule has 0 radical (unpaired) electrons. The number of rotatable bonds is 6. The molecular formula is C19H24ClN7O. The molecule has 0 spiro atoms. The summed E-state index contributed by atoms with van der Waals surface area (Å²) in [7, 11) is 0. The molecule has 1 aliphatic rings. The van der Waals surface area contributed by atoms with E-state index >= 15 is 0 Å². The van der Waals surface area contributed by atoms with E-state index in [1.807, 2.05) is 35.0 Å². The third kappa shape index (κ3) is 4.76. The van der Waals surface area contributed by atoms with Gasteiger partial charge in [-0.15, -0.1) is 12.4 Å². The van der Waals surface area contributed by atoms with E-state index in [1.54, 1.807) is 17.2 Å². The van der Waals surface area contributed by atoms with E-state index in [0.717, 1.165) is 42.9 Å². The van der Waals surface area contributed by atoms with Crippen LogP contribution in [0.1, 0.15) is 30.0 Å². The number of halogens is 1. The molecule has 1 unspecified atom stereocenters. The molecule has 9 heteroatoms. The van der Waals surface area contributed by atoms with Crippen LogP contribution in [0.5, 0.6) is 0 Å². The minimum Gasteiger partial charge on any atom is -0.350 e. The van der Waals surface area contributed by atoms with Gasteiger partial charge in [0.15, 0.2) is 0 Å². The van der Waals surface area contributed by atoms with Gasteiger partial charge in [-0.1, -0.05) is 12.1 Å². The Morgan fingerprint density at radius 1 is 1.21 bits per heavy atom. The van der Waals surface area contributed by atoms with Crippen LogP contribution in [0.4, 0.5) is 0 Å². The molecular weight excluding hydrogens is 378 g/mol. The maximum atomic E-state index is 12.4. The van der Waals surface area contributed by atoms with Gasteiger partial charge in [0.1, 0.15) is 19.2 Å². The predicted molar refractivity (Wildman–Crippen MR) is 108 cm³/mol. The molecule has 8 nitrogen and oxygen atoms in total.